The smallest absolute Gasteiger partial charge is 0.291 e. The molecule has 3 rings (SSSR count). The molecule has 1 aliphatic rings. The number of rotatable bonds is 11. The first kappa shape index (κ1) is 27.2. The Morgan fingerprint density at radius 3 is 2.47 bits per heavy atom. The number of ether oxygens (including phenoxy) is 2. The van der Waals surface area contributed by atoms with Crippen LogP contribution in [0.5, 0.6) is 17.2 Å². The van der Waals surface area contributed by atoms with E-state index >= 15 is 0 Å². The van der Waals surface area contributed by atoms with Crippen molar-refractivity contribution in [2.24, 2.45) is 11.8 Å². The topological polar surface area (TPSA) is 96.4 Å². The number of hydrogen-bond acceptors (Lipinski definition) is 7. The van der Waals surface area contributed by atoms with Crippen LogP contribution in [0.25, 0.3) is 0 Å². The van der Waals surface area contributed by atoms with Gasteiger partial charge in [0, 0.05) is 12.1 Å². The van der Waals surface area contributed by atoms with Gasteiger partial charge in [-0.2, -0.15) is 0 Å². The Morgan fingerprint density at radius 2 is 1.86 bits per heavy atom. The van der Waals surface area contributed by atoms with Gasteiger partial charge < -0.3 is 24.4 Å². The van der Waals surface area contributed by atoms with Gasteiger partial charge in [-0.25, -0.2) is 0 Å². The molecule has 8 nitrogen and oxygen atoms in total. The summed E-state index contributed by atoms with van der Waals surface area (Å²) in [6.45, 7) is 7.49. The van der Waals surface area contributed by atoms with E-state index in [0.29, 0.717) is 47.9 Å². The zero-order chi connectivity index (χ0) is 26.6. The first-order valence-corrected chi connectivity index (χ1v) is 12.2. The van der Waals surface area contributed by atoms with Crippen LogP contribution in [0.3, 0.4) is 0 Å². The zero-order valence-corrected chi connectivity index (χ0v) is 21.9. The summed E-state index contributed by atoms with van der Waals surface area (Å²) < 4.78 is 11.0. The Hall–Kier alpha value is -3.39. The third-order valence-electron chi connectivity index (χ3n) is 6.28. The third kappa shape index (κ3) is 5.87. The highest BCUT2D eigenvalue weighted by atomic mass is 16.5. The van der Waals surface area contributed by atoms with Crippen LogP contribution in [-0.2, 0) is 9.59 Å². The van der Waals surface area contributed by atoms with Gasteiger partial charge in [0.25, 0.3) is 5.91 Å². The molecule has 36 heavy (non-hydrogen) atoms. The molecule has 2 unspecified atom stereocenters. The van der Waals surface area contributed by atoms with Gasteiger partial charge in [0.05, 0.1) is 19.8 Å². The molecule has 1 aliphatic heterocycles. The number of hydrogen-bond donors (Lipinski definition) is 1. The second kappa shape index (κ2) is 11.6. The molecule has 2 aromatic rings. The number of benzene rings is 2. The lowest BCUT2D eigenvalue weighted by Gasteiger charge is -2.28. The van der Waals surface area contributed by atoms with Crippen molar-refractivity contribution in [1.82, 2.24) is 9.80 Å². The predicted molar refractivity (Wildman–Crippen MR) is 137 cm³/mol. The van der Waals surface area contributed by atoms with Gasteiger partial charge in [-0.1, -0.05) is 19.9 Å². The second-order valence-electron chi connectivity index (χ2n) is 9.92. The molecule has 0 spiro atoms. The molecular weight excluding hydrogens is 460 g/mol. The fraction of sp³-hybridized carbons (Fsp3) is 0.464. The predicted octanol–water partition coefficient (Wildman–Crippen LogP) is 3.65. The average molecular weight is 497 g/mol. The number of phenols is 1. The van der Waals surface area contributed by atoms with Crippen molar-refractivity contribution in [3.05, 3.63) is 53.1 Å². The minimum Gasteiger partial charge on any atom is -0.504 e. The van der Waals surface area contributed by atoms with Gasteiger partial charge in [-0.3, -0.25) is 14.4 Å². The van der Waals surface area contributed by atoms with E-state index in [1.165, 1.54) is 18.1 Å². The summed E-state index contributed by atoms with van der Waals surface area (Å²) in [5.74, 6) is -1.85. The maximum absolute atomic E-state index is 13.8. The van der Waals surface area contributed by atoms with E-state index in [-0.39, 0.29) is 11.5 Å². The van der Waals surface area contributed by atoms with Crippen molar-refractivity contribution in [1.29, 1.82) is 0 Å². The fourth-order valence-corrected chi connectivity index (χ4v) is 4.47. The minimum atomic E-state index is -1.20. The number of aryl methyl sites for hydroxylation is 1. The van der Waals surface area contributed by atoms with Gasteiger partial charge in [-0.05, 0) is 81.4 Å². The lowest BCUT2D eigenvalue weighted by atomic mass is 9.85. The SMILES string of the molecule is COc1cc(C2C(C(=O)c3ccc(OCC(C)C)cc3C)C(=O)C(=O)N2CCCN(C)C)ccc1O. The molecule has 0 radical (unpaired) electrons. The average Bonchev–Trinajstić information content (AvgIpc) is 3.07. The van der Waals surface area contributed by atoms with Gasteiger partial charge in [-0.15, -0.1) is 0 Å². The summed E-state index contributed by atoms with van der Waals surface area (Å²) in [5, 5.41) is 10.1. The van der Waals surface area contributed by atoms with Crippen LogP contribution in [0.4, 0.5) is 0 Å². The van der Waals surface area contributed by atoms with Crippen molar-refractivity contribution in [2.45, 2.75) is 33.2 Å². The first-order valence-electron chi connectivity index (χ1n) is 12.2. The highest BCUT2D eigenvalue weighted by Gasteiger charge is 2.51. The maximum Gasteiger partial charge on any atom is 0.291 e. The van der Waals surface area contributed by atoms with Gasteiger partial charge in [0.2, 0.25) is 5.78 Å². The highest BCUT2D eigenvalue weighted by Crippen LogP contribution is 2.41. The molecule has 1 heterocycles. The second-order valence-corrected chi connectivity index (χ2v) is 9.92. The van der Waals surface area contributed by atoms with E-state index in [1.54, 1.807) is 37.3 Å². The summed E-state index contributed by atoms with van der Waals surface area (Å²) in [7, 11) is 5.29. The molecule has 194 valence electrons. The minimum absolute atomic E-state index is 0.0632. The number of aromatic hydroxyl groups is 1. The van der Waals surface area contributed by atoms with Crippen molar-refractivity contribution in [3.63, 3.8) is 0 Å². The molecule has 0 saturated carbocycles. The lowest BCUT2D eigenvalue weighted by molar-refractivity contribution is -0.140. The summed E-state index contributed by atoms with van der Waals surface area (Å²) in [4.78, 5) is 43.7. The van der Waals surface area contributed by atoms with Gasteiger partial charge >= 0.3 is 0 Å². The van der Waals surface area contributed by atoms with Crippen LogP contribution >= 0.6 is 0 Å². The molecule has 2 atom stereocenters. The van der Waals surface area contributed by atoms with Crippen molar-refractivity contribution in [2.75, 3.05) is 40.9 Å². The van der Waals surface area contributed by atoms with Crippen molar-refractivity contribution >= 4 is 17.5 Å². The number of methoxy groups -OCH3 is 1. The number of Topliss-reactive ketones (excluding diaryl/α,β-unsaturated/α-hetero) is 2. The molecular formula is C28H36N2O6. The molecule has 1 saturated heterocycles. The number of nitrogens with zero attached hydrogens (tertiary/aromatic N) is 2. The summed E-state index contributed by atoms with van der Waals surface area (Å²) in [6, 6.07) is 9.03. The van der Waals surface area contributed by atoms with E-state index < -0.39 is 29.4 Å². The molecule has 8 heteroatoms. The molecule has 1 amide bonds. The molecule has 0 bridgehead atoms. The van der Waals surface area contributed by atoms with Crippen LogP contribution in [-0.4, -0.2) is 73.3 Å². The Bertz CT molecular complexity index is 1130. The molecule has 0 aromatic heterocycles. The third-order valence-corrected chi connectivity index (χ3v) is 6.28. The highest BCUT2D eigenvalue weighted by molar-refractivity contribution is 6.44. The van der Waals surface area contributed by atoms with Crippen LogP contribution in [0.2, 0.25) is 0 Å². The van der Waals surface area contributed by atoms with E-state index in [0.717, 1.165) is 6.54 Å². The fourth-order valence-electron chi connectivity index (χ4n) is 4.47. The lowest BCUT2D eigenvalue weighted by Crippen LogP contribution is -2.33. The number of carbonyl (C=O) groups excluding carboxylic acids is 3. The first-order chi connectivity index (χ1) is 17.0. The maximum atomic E-state index is 13.8. The Balaban J connectivity index is 2.00. The van der Waals surface area contributed by atoms with Crippen LogP contribution in [0, 0.1) is 18.8 Å². The normalized spacial score (nSPS) is 17.8. The quantitative estimate of drug-likeness (QED) is 0.288. The van der Waals surface area contributed by atoms with Crippen LogP contribution < -0.4 is 9.47 Å². The molecule has 2 aromatic carbocycles. The Morgan fingerprint density at radius 1 is 1.14 bits per heavy atom. The van der Waals surface area contributed by atoms with E-state index in [9.17, 15) is 19.5 Å². The van der Waals surface area contributed by atoms with Crippen LogP contribution in [0.15, 0.2) is 36.4 Å². The summed E-state index contributed by atoms with van der Waals surface area (Å²) >= 11 is 0. The monoisotopic (exact) mass is 496 g/mol. The largest absolute Gasteiger partial charge is 0.504 e. The van der Waals surface area contributed by atoms with E-state index in [4.69, 9.17) is 9.47 Å². The number of carbonyl (C=O) groups is 3. The van der Waals surface area contributed by atoms with Crippen molar-refractivity contribution in [3.8, 4) is 17.2 Å². The standard InChI is InChI=1S/C28H36N2O6/c1-17(2)16-36-20-9-10-21(18(3)14-20)26(32)24-25(19-8-11-22(31)23(15-19)35-6)30(28(34)27(24)33)13-7-12-29(4)5/h8-11,14-15,17,24-25,31H,7,12-13,16H2,1-6H3. The van der Waals surface area contributed by atoms with Gasteiger partial charge in [0.1, 0.15) is 11.7 Å². The number of likely N-dealkylation sites (tertiary alicyclic amines) is 1. The summed E-state index contributed by atoms with van der Waals surface area (Å²) in [6.07, 6.45) is 0.638. The Labute approximate surface area is 212 Å². The summed E-state index contributed by atoms with van der Waals surface area (Å²) in [5.41, 5.74) is 1.61. The number of phenolic OH excluding ortho intramolecular Hbond substituents is 1. The van der Waals surface area contributed by atoms with E-state index in [1.807, 2.05) is 19.0 Å². The number of amides is 1. The molecule has 1 fully saturated rings. The van der Waals surface area contributed by atoms with Gasteiger partial charge in [0.15, 0.2) is 17.3 Å². The van der Waals surface area contributed by atoms with Crippen LogP contribution in [0.1, 0.15) is 47.8 Å². The molecule has 1 N–H and O–H groups in total. The number of ketones is 2. The zero-order valence-electron chi connectivity index (χ0n) is 21.9. The van der Waals surface area contributed by atoms with Crippen molar-refractivity contribution < 1.29 is 29.0 Å². The molecule has 0 aliphatic carbocycles. The Kier molecular flexibility index (Phi) is 8.74. The van der Waals surface area contributed by atoms with E-state index in [2.05, 4.69) is 13.8 Å².